The van der Waals surface area contributed by atoms with Crippen LogP contribution in [0.25, 0.3) is 11.3 Å². The van der Waals surface area contributed by atoms with E-state index in [2.05, 4.69) is 26.2 Å². The number of hydrogen-bond acceptors (Lipinski definition) is 7. The lowest BCUT2D eigenvalue weighted by Crippen LogP contribution is -2.17. The number of nitriles is 1. The van der Waals surface area contributed by atoms with Crippen molar-refractivity contribution in [2.24, 2.45) is 5.92 Å². The normalized spacial score (nSPS) is 14.9. The number of rotatable bonds is 8. The minimum Gasteiger partial charge on any atom is -0.330 e. The number of aromatic nitrogens is 4. The lowest BCUT2D eigenvalue weighted by molar-refractivity contribution is 0.315. The highest BCUT2D eigenvalue weighted by atomic mass is 32.2. The Morgan fingerprint density at radius 1 is 1.19 bits per heavy atom. The largest absolute Gasteiger partial charge is 0.330 e. The van der Waals surface area contributed by atoms with Crippen molar-refractivity contribution in [1.82, 2.24) is 19.7 Å². The summed E-state index contributed by atoms with van der Waals surface area (Å²) in [5.41, 5.74) is 4.76. The molecule has 0 amide bonds. The molecule has 0 radical (unpaired) electrons. The topological polar surface area (TPSA) is 91.5 Å². The molecule has 8 heteroatoms. The molecule has 1 fully saturated rings. The van der Waals surface area contributed by atoms with Crippen LogP contribution < -0.4 is 10.0 Å². The molecule has 0 bridgehead atoms. The zero-order valence-electron chi connectivity index (χ0n) is 17.9. The highest BCUT2D eigenvalue weighted by molar-refractivity contribution is 7.99. The Morgan fingerprint density at radius 2 is 1.94 bits per heavy atom. The minimum atomic E-state index is 0.134. The van der Waals surface area contributed by atoms with Crippen LogP contribution in [0.4, 0.5) is 17.3 Å². The third-order valence-corrected chi connectivity index (χ3v) is 6.23. The number of nitrogens with one attached hydrogen (secondary N) is 2. The molecule has 3 aromatic rings. The van der Waals surface area contributed by atoms with E-state index in [0.717, 1.165) is 28.2 Å². The average Bonchev–Trinajstić information content (AvgIpc) is 3.48. The molecular weight excluding hydrogens is 406 g/mol. The lowest BCUT2D eigenvalue weighted by atomic mass is 9.96. The third-order valence-electron chi connectivity index (χ3n) is 5.79. The first kappa shape index (κ1) is 21.2. The third kappa shape index (κ3) is 5.00. The van der Waals surface area contributed by atoms with Crippen LogP contribution in [0, 0.1) is 24.2 Å². The van der Waals surface area contributed by atoms with E-state index in [1.54, 1.807) is 11.9 Å². The van der Waals surface area contributed by atoms with Gasteiger partial charge in [-0.15, -0.1) is 0 Å². The van der Waals surface area contributed by atoms with Gasteiger partial charge in [0.2, 0.25) is 5.95 Å². The Kier molecular flexibility index (Phi) is 6.73. The van der Waals surface area contributed by atoms with E-state index in [4.69, 9.17) is 4.98 Å². The summed E-state index contributed by atoms with van der Waals surface area (Å²) in [7, 11) is 0. The number of nitrogens with zero attached hydrogens (tertiary/aromatic N) is 5. The molecule has 0 spiro atoms. The van der Waals surface area contributed by atoms with Crippen LogP contribution in [0.3, 0.4) is 0 Å². The number of aryl methyl sites for hydroxylation is 1. The maximum atomic E-state index is 9.32. The second-order valence-corrected chi connectivity index (χ2v) is 8.53. The van der Waals surface area contributed by atoms with E-state index < -0.39 is 0 Å². The van der Waals surface area contributed by atoms with Gasteiger partial charge in [0.1, 0.15) is 0 Å². The van der Waals surface area contributed by atoms with Gasteiger partial charge in [-0.25, -0.2) is 9.97 Å². The summed E-state index contributed by atoms with van der Waals surface area (Å²) in [6.45, 7) is 2.00. The summed E-state index contributed by atoms with van der Waals surface area (Å²) in [4.78, 5) is 9.19. The first-order valence-corrected chi connectivity index (χ1v) is 11.8. The number of hydrogen-bond donors (Lipinski definition) is 2. The van der Waals surface area contributed by atoms with Crippen molar-refractivity contribution in [2.45, 2.75) is 45.1 Å². The van der Waals surface area contributed by atoms with E-state index >= 15 is 0 Å². The standard InChI is InChI=1S/C23H27N7S/c1-16-13-25-23(27-19-7-9-20(10-8-19)29-31-2)28-22(16)18-14-26-30(15-18)21(11-12-24)17-5-3-4-6-17/h7-10,13-15,17,21,29H,3-6,11H2,1-2H3,(H,25,27,28). The van der Waals surface area contributed by atoms with Crippen LogP contribution in [0.15, 0.2) is 42.9 Å². The predicted molar refractivity (Wildman–Crippen MR) is 126 cm³/mol. The van der Waals surface area contributed by atoms with Crippen molar-refractivity contribution >= 4 is 29.3 Å². The molecule has 1 atom stereocenters. The van der Waals surface area contributed by atoms with Gasteiger partial charge < -0.3 is 10.0 Å². The molecule has 0 saturated heterocycles. The summed E-state index contributed by atoms with van der Waals surface area (Å²) < 4.78 is 5.18. The maximum absolute atomic E-state index is 9.32. The van der Waals surface area contributed by atoms with Crippen LogP contribution in [-0.4, -0.2) is 26.0 Å². The van der Waals surface area contributed by atoms with Gasteiger partial charge in [0.05, 0.1) is 30.4 Å². The zero-order valence-corrected chi connectivity index (χ0v) is 18.7. The van der Waals surface area contributed by atoms with Gasteiger partial charge in [0.15, 0.2) is 0 Å². The SMILES string of the molecule is CSNc1ccc(Nc2ncc(C)c(-c3cnn(C(CC#N)C4CCCC4)c3)n2)cc1. The fourth-order valence-electron chi connectivity index (χ4n) is 4.22. The molecule has 31 heavy (non-hydrogen) atoms. The quantitative estimate of drug-likeness (QED) is 0.438. The summed E-state index contributed by atoms with van der Waals surface area (Å²) in [6, 6.07) is 10.5. The van der Waals surface area contributed by atoms with Crippen LogP contribution in [0.1, 0.15) is 43.7 Å². The molecule has 1 saturated carbocycles. The minimum absolute atomic E-state index is 0.134. The fourth-order valence-corrected chi connectivity index (χ4v) is 4.59. The van der Waals surface area contributed by atoms with Crippen molar-refractivity contribution in [3.8, 4) is 17.3 Å². The highest BCUT2D eigenvalue weighted by Gasteiger charge is 2.27. The second-order valence-electron chi connectivity index (χ2n) is 7.92. The van der Waals surface area contributed by atoms with E-state index in [1.807, 2.05) is 60.7 Å². The van der Waals surface area contributed by atoms with Crippen molar-refractivity contribution in [2.75, 3.05) is 16.3 Å². The molecule has 1 aliphatic carbocycles. The Morgan fingerprint density at radius 3 is 2.65 bits per heavy atom. The summed E-state index contributed by atoms with van der Waals surface area (Å²) >= 11 is 1.56. The van der Waals surface area contributed by atoms with Crippen LogP contribution in [-0.2, 0) is 0 Å². The Bertz CT molecular complexity index is 1050. The predicted octanol–water partition coefficient (Wildman–Crippen LogP) is 5.73. The lowest BCUT2D eigenvalue weighted by Gasteiger charge is -2.21. The van der Waals surface area contributed by atoms with Crippen molar-refractivity contribution in [3.05, 3.63) is 48.4 Å². The van der Waals surface area contributed by atoms with Gasteiger partial charge in [-0.1, -0.05) is 24.8 Å². The molecule has 1 aromatic carbocycles. The van der Waals surface area contributed by atoms with E-state index in [-0.39, 0.29) is 6.04 Å². The Hall–Kier alpha value is -3.05. The van der Waals surface area contributed by atoms with Crippen molar-refractivity contribution in [3.63, 3.8) is 0 Å². The average molecular weight is 434 g/mol. The number of anilines is 3. The monoisotopic (exact) mass is 433 g/mol. The van der Waals surface area contributed by atoms with Gasteiger partial charge in [-0.2, -0.15) is 10.4 Å². The highest BCUT2D eigenvalue weighted by Crippen LogP contribution is 2.36. The van der Waals surface area contributed by atoms with Crippen molar-refractivity contribution < 1.29 is 0 Å². The molecule has 7 nitrogen and oxygen atoms in total. The second kappa shape index (κ2) is 9.84. The summed E-state index contributed by atoms with van der Waals surface area (Å²) in [5.74, 6) is 1.07. The van der Waals surface area contributed by atoms with E-state index in [1.165, 1.54) is 25.7 Å². The van der Waals surface area contributed by atoms with E-state index in [0.29, 0.717) is 18.3 Å². The molecule has 2 heterocycles. The molecule has 4 rings (SSSR count). The van der Waals surface area contributed by atoms with E-state index in [9.17, 15) is 5.26 Å². The van der Waals surface area contributed by atoms with Gasteiger partial charge >= 0.3 is 0 Å². The van der Waals surface area contributed by atoms with Crippen LogP contribution in [0.2, 0.25) is 0 Å². The molecule has 160 valence electrons. The van der Waals surface area contributed by atoms with Gasteiger partial charge in [0.25, 0.3) is 0 Å². The van der Waals surface area contributed by atoms with Gasteiger partial charge in [-0.3, -0.25) is 4.68 Å². The van der Waals surface area contributed by atoms with Gasteiger partial charge in [0, 0.05) is 35.6 Å². The smallest absolute Gasteiger partial charge is 0.227 e. The van der Waals surface area contributed by atoms with Crippen molar-refractivity contribution in [1.29, 1.82) is 5.26 Å². The maximum Gasteiger partial charge on any atom is 0.227 e. The first-order chi connectivity index (χ1) is 15.2. The van der Waals surface area contributed by atoms with Gasteiger partial charge in [-0.05, 0) is 55.5 Å². The summed E-state index contributed by atoms with van der Waals surface area (Å²) in [5, 5.41) is 17.2. The molecular formula is C23H27N7S. The number of benzene rings is 1. The van der Waals surface area contributed by atoms with Crippen LogP contribution in [0.5, 0.6) is 0 Å². The molecule has 0 aliphatic heterocycles. The molecule has 2 N–H and O–H groups in total. The molecule has 1 aliphatic rings. The summed E-state index contributed by atoms with van der Waals surface area (Å²) in [6.07, 6.45) is 13.0. The first-order valence-electron chi connectivity index (χ1n) is 10.6. The zero-order chi connectivity index (χ0) is 21.6. The Labute approximate surface area is 187 Å². The molecule has 2 aromatic heterocycles. The van der Waals surface area contributed by atoms with Crippen LogP contribution >= 0.6 is 11.9 Å². The fraction of sp³-hybridized carbons (Fsp3) is 0.391. The Balaban J connectivity index is 1.55. The molecule has 1 unspecified atom stereocenters.